The maximum atomic E-state index is 13.8. The Morgan fingerprint density at radius 1 is 1.38 bits per heavy atom. The smallest absolute Gasteiger partial charge is 0.337 e. The zero-order chi connectivity index (χ0) is 20.8. The van der Waals surface area contributed by atoms with E-state index in [0.717, 1.165) is 6.07 Å². The number of nitrogens with one attached hydrogen (secondary N) is 1. The summed E-state index contributed by atoms with van der Waals surface area (Å²) in [5.41, 5.74) is -0.0608. The number of halogens is 3. The van der Waals surface area contributed by atoms with Gasteiger partial charge >= 0.3 is 6.18 Å². The number of likely N-dealkylation sites (tertiary alicyclic amines) is 1. The first kappa shape index (κ1) is 19.4. The molecule has 154 valence electrons. The third-order valence-corrected chi connectivity index (χ3v) is 5.22. The van der Waals surface area contributed by atoms with Crippen LogP contribution in [-0.2, 0) is 6.18 Å². The average molecular weight is 407 g/mol. The molecule has 29 heavy (non-hydrogen) atoms. The SMILES string of the molecule is CC(C)c1cc(C(F)(F)F)c2c([C@H]3CCCN(C(=O)c4ccn[nH]4)C3)noc2n1. The third kappa shape index (κ3) is 3.58. The Kier molecular flexibility index (Phi) is 4.79. The molecular weight excluding hydrogens is 387 g/mol. The van der Waals surface area contributed by atoms with Gasteiger partial charge in [-0.05, 0) is 30.9 Å². The minimum absolute atomic E-state index is 0.109. The summed E-state index contributed by atoms with van der Waals surface area (Å²) in [6, 6.07) is 2.64. The molecule has 0 aliphatic carbocycles. The van der Waals surface area contributed by atoms with Gasteiger partial charge in [-0.25, -0.2) is 4.98 Å². The molecular formula is C19H20F3N5O2. The summed E-state index contributed by atoms with van der Waals surface area (Å²) in [6.07, 6.45) is -1.83. The minimum atomic E-state index is -4.56. The van der Waals surface area contributed by atoms with Crippen LogP contribution in [0.25, 0.3) is 11.1 Å². The molecule has 1 amide bonds. The van der Waals surface area contributed by atoms with E-state index in [1.165, 1.54) is 6.20 Å². The van der Waals surface area contributed by atoms with E-state index in [9.17, 15) is 18.0 Å². The first-order valence-corrected chi connectivity index (χ1v) is 9.41. The molecule has 3 aromatic heterocycles. The quantitative estimate of drug-likeness (QED) is 0.706. The van der Waals surface area contributed by atoms with Crippen LogP contribution in [0.5, 0.6) is 0 Å². The summed E-state index contributed by atoms with van der Waals surface area (Å²) in [4.78, 5) is 18.4. The number of amides is 1. The van der Waals surface area contributed by atoms with Gasteiger partial charge < -0.3 is 9.42 Å². The van der Waals surface area contributed by atoms with Crippen LogP contribution in [-0.4, -0.2) is 44.2 Å². The fourth-order valence-electron chi connectivity index (χ4n) is 3.72. The van der Waals surface area contributed by atoms with Crippen LogP contribution in [0.3, 0.4) is 0 Å². The largest absolute Gasteiger partial charge is 0.417 e. The van der Waals surface area contributed by atoms with Crippen LogP contribution in [0.15, 0.2) is 22.9 Å². The number of hydrogen-bond donors (Lipinski definition) is 1. The van der Waals surface area contributed by atoms with E-state index in [0.29, 0.717) is 30.8 Å². The lowest BCUT2D eigenvalue weighted by atomic mass is 9.91. The number of pyridine rings is 1. The molecule has 1 atom stereocenters. The van der Waals surface area contributed by atoms with E-state index in [2.05, 4.69) is 20.3 Å². The highest BCUT2D eigenvalue weighted by molar-refractivity contribution is 5.92. The maximum absolute atomic E-state index is 13.8. The van der Waals surface area contributed by atoms with Crippen molar-refractivity contribution in [1.29, 1.82) is 0 Å². The van der Waals surface area contributed by atoms with Gasteiger partial charge in [0.2, 0.25) is 0 Å². The van der Waals surface area contributed by atoms with E-state index in [1.54, 1.807) is 24.8 Å². The first-order valence-electron chi connectivity index (χ1n) is 9.41. The Morgan fingerprint density at radius 3 is 2.83 bits per heavy atom. The molecule has 0 radical (unpaired) electrons. The number of fused-ring (bicyclic) bond motifs is 1. The van der Waals surface area contributed by atoms with Gasteiger partial charge in [0, 0.05) is 30.9 Å². The van der Waals surface area contributed by atoms with Gasteiger partial charge in [-0.3, -0.25) is 9.89 Å². The van der Waals surface area contributed by atoms with E-state index < -0.39 is 11.7 Å². The summed E-state index contributed by atoms with van der Waals surface area (Å²) in [6.45, 7) is 4.31. The summed E-state index contributed by atoms with van der Waals surface area (Å²) >= 11 is 0. The van der Waals surface area contributed by atoms with E-state index in [-0.39, 0.29) is 41.1 Å². The highest BCUT2D eigenvalue weighted by Gasteiger charge is 2.38. The van der Waals surface area contributed by atoms with Crippen molar-refractivity contribution < 1.29 is 22.5 Å². The topological polar surface area (TPSA) is 87.9 Å². The molecule has 1 aliphatic heterocycles. The van der Waals surface area contributed by atoms with Gasteiger partial charge in [0.15, 0.2) is 0 Å². The number of rotatable bonds is 3. The Balaban J connectivity index is 1.73. The Labute approximate surface area is 164 Å². The third-order valence-electron chi connectivity index (χ3n) is 5.22. The summed E-state index contributed by atoms with van der Waals surface area (Å²) < 4.78 is 46.6. The van der Waals surface area contributed by atoms with Crippen LogP contribution in [0, 0.1) is 0 Å². The van der Waals surface area contributed by atoms with Crippen molar-refractivity contribution >= 4 is 17.0 Å². The maximum Gasteiger partial charge on any atom is 0.417 e. The summed E-state index contributed by atoms with van der Waals surface area (Å²) in [7, 11) is 0. The predicted molar refractivity (Wildman–Crippen MR) is 97.4 cm³/mol. The Bertz CT molecular complexity index is 1030. The number of alkyl halides is 3. The zero-order valence-electron chi connectivity index (χ0n) is 16.0. The number of nitrogens with zero attached hydrogens (tertiary/aromatic N) is 4. The predicted octanol–water partition coefficient (Wildman–Crippen LogP) is 4.11. The standard InChI is InChI=1S/C19H20F3N5O2/c1-10(2)14-8-12(19(20,21)22)15-16(26-29-17(15)24-14)11-4-3-7-27(9-11)18(28)13-5-6-23-25-13/h5-6,8,10-11H,3-4,7,9H2,1-2H3,(H,23,25)/t11-/m0/s1. The number of aromatic amines is 1. The van der Waals surface area contributed by atoms with Crippen LogP contribution in [0.4, 0.5) is 13.2 Å². The molecule has 1 saturated heterocycles. The van der Waals surface area contributed by atoms with Gasteiger partial charge in [-0.15, -0.1) is 0 Å². The average Bonchev–Trinajstić information content (AvgIpc) is 3.35. The van der Waals surface area contributed by atoms with Crippen LogP contribution in [0.1, 0.15) is 66.0 Å². The Hall–Kier alpha value is -2.91. The molecule has 4 heterocycles. The lowest BCUT2D eigenvalue weighted by molar-refractivity contribution is -0.136. The number of carbonyl (C=O) groups excluding carboxylic acids is 1. The molecule has 0 bridgehead atoms. The highest BCUT2D eigenvalue weighted by atomic mass is 19.4. The normalized spacial score (nSPS) is 18.0. The molecule has 0 unspecified atom stereocenters. The van der Waals surface area contributed by atoms with Gasteiger partial charge in [0.25, 0.3) is 11.6 Å². The van der Waals surface area contributed by atoms with Crippen molar-refractivity contribution in [3.05, 3.63) is 41.0 Å². The zero-order valence-corrected chi connectivity index (χ0v) is 16.0. The molecule has 1 N–H and O–H groups in total. The van der Waals surface area contributed by atoms with Crippen LogP contribution >= 0.6 is 0 Å². The van der Waals surface area contributed by atoms with Gasteiger partial charge in [0.1, 0.15) is 5.69 Å². The molecule has 7 nitrogen and oxygen atoms in total. The van der Waals surface area contributed by atoms with Crippen molar-refractivity contribution in [2.75, 3.05) is 13.1 Å². The second kappa shape index (κ2) is 7.16. The summed E-state index contributed by atoms with van der Waals surface area (Å²) in [5.74, 6) is -0.799. The molecule has 3 aromatic rings. The number of hydrogen-bond acceptors (Lipinski definition) is 5. The second-order valence-corrected chi connectivity index (χ2v) is 7.56. The van der Waals surface area contributed by atoms with Gasteiger partial charge in [-0.1, -0.05) is 19.0 Å². The van der Waals surface area contributed by atoms with E-state index in [1.807, 2.05) is 0 Å². The fourth-order valence-corrected chi connectivity index (χ4v) is 3.72. The summed E-state index contributed by atoms with van der Waals surface area (Å²) in [5, 5.41) is 10.2. The molecule has 4 rings (SSSR count). The van der Waals surface area contributed by atoms with Gasteiger partial charge in [0.05, 0.1) is 16.6 Å². The van der Waals surface area contributed by atoms with Crippen molar-refractivity contribution in [1.82, 2.24) is 25.2 Å². The molecule has 1 fully saturated rings. The van der Waals surface area contributed by atoms with Crippen molar-refractivity contribution in [3.63, 3.8) is 0 Å². The van der Waals surface area contributed by atoms with Gasteiger partial charge in [-0.2, -0.15) is 18.3 Å². The molecule has 0 saturated carbocycles. The van der Waals surface area contributed by atoms with Crippen molar-refractivity contribution in [3.8, 4) is 0 Å². The van der Waals surface area contributed by atoms with Crippen LogP contribution in [0.2, 0.25) is 0 Å². The van der Waals surface area contributed by atoms with E-state index >= 15 is 0 Å². The number of H-pyrrole nitrogens is 1. The Morgan fingerprint density at radius 2 is 2.17 bits per heavy atom. The van der Waals surface area contributed by atoms with Crippen LogP contribution < -0.4 is 0 Å². The minimum Gasteiger partial charge on any atom is -0.337 e. The second-order valence-electron chi connectivity index (χ2n) is 7.56. The first-order chi connectivity index (χ1) is 13.8. The highest BCUT2D eigenvalue weighted by Crippen LogP contribution is 2.40. The number of aromatic nitrogens is 4. The fraction of sp³-hybridized carbons (Fsp3) is 0.474. The molecule has 10 heteroatoms. The lowest BCUT2D eigenvalue weighted by Crippen LogP contribution is -2.39. The van der Waals surface area contributed by atoms with Crippen molar-refractivity contribution in [2.45, 2.75) is 44.7 Å². The number of piperidine rings is 1. The molecule has 0 aromatic carbocycles. The lowest BCUT2D eigenvalue weighted by Gasteiger charge is -2.31. The van der Waals surface area contributed by atoms with E-state index in [4.69, 9.17) is 4.52 Å². The van der Waals surface area contributed by atoms with Crippen molar-refractivity contribution in [2.24, 2.45) is 0 Å². The molecule has 0 spiro atoms. The monoisotopic (exact) mass is 407 g/mol. The molecule has 1 aliphatic rings. The number of carbonyl (C=O) groups is 1.